The zero-order valence-corrected chi connectivity index (χ0v) is 14.3. The first-order valence-electron chi connectivity index (χ1n) is 8.08. The minimum atomic E-state index is -4.37. The number of halogens is 3. The van der Waals surface area contributed by atoms with E-state index < -0.39 is 42.8 Å². The van der Waals surface area contributed by atoms with Gasteiger partial charge in [-0.05, 0) is 12.8 Å². The van der Waals surface area contributed by atoms with E-state index in [1.54, 1.807) is 0 Å². The summed E-state index contributed by atoms with van der Waals surface area (Å²) in [7, 11) is 1.46. The first-order chi connectivity index (χ1) is 11.5. The number of carbonyl (C=O) groups is 3. The van der Waals surface area contributed by atoms with Crippen molar-refractivity contribution in [2.45, 2.75) is 44.8 Å². The number of carbonyl (C=O) groups excluding carboxylic acids is 2. The third kappa shape index (κ3) is 7.61. The molecule has 1 heterocycles. The first-order valence-corrected chi connectivity index (χ1v) is 8.08. The van der Waals surface area contributed by atoms with E-state index in [-0.39, 0.29) is 19.1 Å². The molecule has 0 aromatic heterocycles. The lowest BCUT2D eigenvalue weighted by Crippen LogP contribution is -2.52. The van der Waals surface area contributed by atoms with E-state index in [2.05, 4.69) is 5.32 Å². The molecule has 0 aliphatic carbocycles. The molecule has 1 saturated heterocycles. The number of carboxylic acid groups (broad SMARTS) is 1. The fourth-order valence-electron chi connectivity index (χ4n) is 2.58. The maximum Gasteiger partial charge on any atom is 0.389 e. The third-order valence-corrected chi connectivity index (χ3v) is 4.04. The van der Waals surface area contributed by atoms with Crippen LogP contribution >= 0.6 is 0 Å². The van der Waals surface area contributed by atoms with E-state index in [1.807, 2.05) is 0 Å². The van der Waals surface area contributed by atoms with Gasteiger partial charge in [0, 0.05) is 39.1 Å². The van der Waals surface area contributed by atoms with Crippen molar-refractivity contribution in [1.29, 1.82) is 0 Å². The van der Waals surface area contributed by atoms with Crippen molar-refractivity contribution in [3.8, 4) is 0 Å². The predicted octanol–water partition coefficient (Wildman–Crippen LogP) is 1.68. The molecule has 1 unspecified atom stereocenters. The molecule has 0 spiro atoms. The zero-order chi connectivity index (χ0) is 19.2. The van der Waals surface area contributed by atoms with E-state index in [0.717, 1.165) is 0 Å². The Hall–Kier alpha value is -2.00. The Morgan fingerprint density at radius 1 is 1.36 bits per heavy atom. The molecule has 0 radical (unpaired) electrons. The lowest BCUT2D eigenvalue weighted by atomic mass is 10.1. The van der Waals surface area contributed by atoms with E-state index in [9.17, 15) is 27.6 Å². The molecular formula is C15H24F3N3O4. The second-order valence-electron chi connectivity index (χ2n) is 6.36. The standard InChI is InChI=1S/C15H24F3N3O4/c1-10(13(23)24)8-20(2)14(25)19-11-4-3-7-21(9-11)12(22)5-6-15(16,17)18/h10-11H,3-9H2,1-2H3,(H,19,25)(H,23,24)/t10?,11-/m1/s1. The number of amides is 3. The number of piperidine rings is 1. The Kier molecular flexibility index (Phi) is 7.50. The highest BCUT2D eigenvalue weighted by atomic mass is 19.4. The summed E-state index contributed by atoms with van der Waals surface area (Å²) in [5.41, 5.74) is 0. The average molecular weight is 367 g/mol. The van der Waals surface area contributed by atoms with Crippen LogP contribution in [0.3, 0.4) is 0 Å². The summed E-state index contributed by atoms with van der Waals surface area (Å²) in [6, 6.07) is -0.832. The molecule has 7 nitrogen and oxygen atoms in total. The molecule has 0 aromatic carbocycles. The van der Waals surface area contributed by atoms with Crippen molar-refractivity contribution in [1.82, 2.24) is 15.1 Å². The summed E-state index contributed by atoms with van der Waals surface area (Å²) in [5, 5.41) is 11.6. The van der Waals surface area contributed by atoms with Gasteiger partial charge in [-0.25, -0.2) is 4.79 Å². The Bertz CT molecular complexity index is 499. The Morgan fingerprint density at radius 2 is 2.00 bits per heavy atom. The Morgan fingerprint density at radius 3 is 2.56 bits per heavy atom. The zero-order valence-electron chi connectivity index (χ0n) is 14.3. The highest BCUT2D eigenvalue weighted by Crippen LogP contribution is 2.22. The van der Waals surface area contributed by atoms with Gasteiger partial charge in [-0.2, -0.15) is 13.2 Å². The molecule has 1 aliphatic heterocycles. The summed E-state index contributed by atoms with van der Waals surface area (Å²) in [6.45, 7) is 2.04. The van der Waals surface area contributed by atoms with Crippen LogP contribution in [0.4, 0.5) is 18.0 Å². The maximum atomic E-state index is 12.2. The van der Waals surface area contributed by atoms with Gasteiger partial charge in [0.05, 0.1) is 12.3 Å². The van der Waals surface area contributed by atoms with Gasteiger partial charge in [0.15, 0.2) is 0 Å². The topological polar surface area (TPSA) is 90.0 Å². The minimum absolute atomic E-state index is 0.0299. The number of nitrogens with zero attached hydrogens (tertiary/aromatic N) is 2. The Balaban J connectivity index is 2.47. The lowest BCUT2D eigenvalue weighted by Gasteiger charge is -2.34. The number of hydrogen-bond acceptors (Lipinski definition) is 3. The fourth-order valence-corrected chi connectivity index (χ4v) is 2.58. The van der Waals surface area contributed by atoms with Crippen LogP contribution in [-0.2, 0) is 9.59 Å². The molecule has 1 fully saturated rings. The van der Waals surface area contributed by atoms with Crippen LogP contribution in [0.15, 0.2) is 0 Å². The molecule has 25 heavy (non-hydrogen) atoms. The lowest BCUT2D eigenvalue weighted by molar-refractivity contribution is -0.149. The molecule has 2 N–H and O–H groups in total. The largest absolute Gasteiger partial charge is 0.481 e. The maximum absolute atomic E-state index is 12.2. The van der Waals surface area contributed by atoms with Crippen molar-refractivity contribution in [2.24, 2.45) is 5.92 Å². The van der Waals surface area contributed by atoms with Gasteiger partial charge < -0.3 is 20.2 Å². The van der Waals surface area contributed by atoms with Gasteiger partial charge in [-0.3, -0.25) is 9.59 Å². The van der Waals surface area contributed by atoms with E-state index in [0.29, 0.717) is 19.4 Å². The Labute approximate surface area is 144 Å². The number of rotatable bonds is 6. The monoisotopic (exact) mass is 367 g/mol. The van der Waals surface area contributed by atoms with Gasteiger partial charge in [-0.1, -0.05) is 6.92 Å². The van der Waals surface area contributed by atoms with Crippen LogP contribution in [-0.4, -0.2) is 71.7 Å². The highest BCUT2D eigenvalue weighted by Gasteiger charge is 2.31. The molecule has 1 rings (SSSR count). The van der Waals surface area contributed by atoms with E-state index in [4.69, 9.17) is 5.11 Å². The van der Waals surface area contributed by atoms with Crippen LogP contribution < -0.4 is 5.32 Å². The molecule has 3 amide bonds. The highest BCUT2D eigenvalue weighted by molar-refractivity contribution is 5.77. The molecule has 2 atom stereocenters. The second kappa shape index (κ2) is 8.91. The van der Waals surface area contributed by atoms with E-state index >= 15 is 0 Å². The second-order valence-corrected chi connectivity index (χ2v) is 6.36. The minimum Gasteiger partial charge on any atom is -0.481 e. The van der Waals surface area contributed by atoms with Crippen LogP contribution in [0.1, 0.15) is 32.6 Å². The van der Waals surface area contributed by atoms with Crippen molar-refractivity contribution in [3.05, 3.63) is 0 Å². The molecule has 1 aliphatic rings. The van der Waals surface area contributed by atoms with Gasteiger partial charge in [-0.15, -0.1) is 0 Å². The fraction of sp³-hybridized carbons (Fsp3) is 0.800. The van der Waals surface area contributed by atoms with Crippen molar-refractivity contribution in [3.63, 3.8) is 0 Å². The summed E-state index contributed by atoms with van der Waals surface area (Å²) in [5.74, 6) is -2.31. The van der Waals surface area contributed by atoms with Crippen molar-refractivity contribution >= 4 is 17.9 Å². The number of nitrogens with one attached hydrogen (secondary N) is 1. The smallest absolute Gasteiger partial charge is 0.389 e. The number of likely N-dealkylation sites (tertiary alicyclic amines) is 1. The summed E-state index contributed by atoms with van der Waals surface area (Å²) >= 11 is 0. The number of carboxylic acids is 1. The van der Waals surface area contributed by atoms with Gasteiger partial charge >= 0.3 is 18.2 Å². The van der Waals surface area contributed by atoms with Crippen molar-refractivity contribution < 1.29 is 32.7 Å². The van der Waals surface area contributed by atoms with Crippen LogP contribution in [0.25, 0.3) is 0 Å². The van der Waals surface area contributed by atoms with Gasteiger partial charge in [0.25, 0.3) is 0 Å². The predicted molar refractivity (Wildman–Crippen MR) is 82.9 cm³/mol. The normalized spacial score (nSPS) is 19.2. The summed E-state index contributed by atoms with van der Waals surface area (Å²) in [6.07, 6.45) is -4.94. The van der Waals surface area contributed by atoms with E-state index in [1.165, 1.54) is 23.8 Å². The summed E-state index contributed by atoms with van der Waals surface area (Å²) < 4.78 is 36.6. The van der Waals surface area contributed by atoms with Crippen LogP contribution in [0, 0.1) is 5.92 Å². The number of aliphatic carboxylic acids is 1. The van der Waals surface area contributed by atoms with Gasteiger partial charge in [0.2, 0.25) is 5.91 Å². The number of hydrogen-bond donors (Lipinski definition) is 2. The van der Waals surface area contributed by atoms with Crippen molar-refractivity contribution in [2.75, 3.05) is 26.7 Å². The van der Waals surface area contributed by atoms with Crippen LogP contribution in [0.2, 0.25) is 0 Å². The summed E-state index contributed by atoms with van der Waals surface area (Å²) in [4.78, 5) is 37.3. The first kappa shape index (κ1) is 21.0. The number of urea groups is 1. The molecule has 144 valence electrons. The molecule has 0 bridgehead atoms. The molecule has 0 saturated carbocycles. The average Bonchev–Trinajstić information content (AvgIpc) is 2.51. The quantitative estimate of drug-likeness (QED) is 0.747. The molecule has 0 aromatic rings. The van der Waals surface area contributed by atoms with Crippen LogP contribution in [0.5, 0.6) is 0 Å². The SMILES string of the molecule is CC(CN(C)C(=O)N[C@@H]1CCCN(C(=O)CCC(F)(F)F)C1)C(=O)O. The molecular weight excluding hydrogens is 343 g/mol. The number of alkyl halides is 3. The molecule has 10 heteroatoms. The third-order valence-electron chi connectivity index (χ3n) is 4.04. The van der Waals surface area contributed by atoms with Gasteiger partial charge in [0.1, 0.15) is 0 Å².